The monoisotopic (exact) mass is 147 g/mol. The Morgan fingerprint density at radius 1 is 1.45 bits per heavy atom. The second kappa shape index (κ2) is 2.33. The topological polar surface area (TPSA) is 12.9 Å². The Hall–Kier alpha value is -0.850. The summed E-state index contributed by atoms with van der Waals surface area (Å²) >= 11 is 0. The smallest absolute Gasteiger partial charge is 0.0302 e. The minimum absolute atomic E-state index is 0.730. The van der Waals surface area contributed by atoms with Gasteiger partial charge in [0.2, 0.25) is 0 Å². The van der Waals surface area contributed by atoms with E-state index < -0.39 is 0 Å². The SMILES string of the molecule is C[C@@H]1c2ccncc2C[C@@H]1C. The molecule has 0 amide bonds. The third kappa shape index (κ3) is 0.953. The van der Waals surface area contributed by atoms with Gasteiger partial charge in [-0.3, -0.25) is 4.98 Å². The molecule has 1 heterocycles. The number of fused-ring (bicyclic) bond motifs is 1. The van der Waals surface area contributed by atoms with Crippen molar-refractivity contribution in [1.82, 2.24) is 4.98 Å². The molecule has 0 N–H and O–H groups in total. The van der Waals surface area contributed by atoms with E-state index in [1.807, 2.05) is 12.4 Å². The van der Waals surface area contributed by atoms with Crippen LogP contribution in [-0.4, -0.2) is 4.98 Å². The first-order valence-electron chi connectivity index (χ1n) is 4.22. The fraction of sp³-hybridized carbons (Fsp3) is 0.500. The minimum Gasteiger partial charge on any atom is -0.264 e. The van der Waals surface area contributed by atoms with Crippen molar-refractivity contribution in [1.29, 1.82) is 0 Å². The molecule has 1 heteroatoms. The van der Waals surface area contributed by atoms with E-state index in [1.54, 1.807) is 0 Å². The molecule has 1 aromatic rings. The number of rotatable bonds is 0. The normalized spacial score (nSPS) is 28.5. The summed E-state index contributed by atoms with van der Waals surface area (Å²) in [6.07, 6.45) is 5.12. The Morgan fingerprint density at radius 2 is 2.27 bits per heavy atom. The Balaban J connectivity index is 2.47. The maximum Gasteiger partial charge on any atom is 0.0302 e. The zero-order valence-corrected chi connectivity index (χ0v) is 7.04. The van der Waals surface area contributed by atoms with Gasteiger partial charge in [-0.25, -0.2) is 0 Å². The molecule has 2 rings (SSSR count). The van der Waals surface area contributed by atoms with Crippen LogP contribution in [-0.2, 0) is 6.42 Å². The fourth-order valence-corrected chi connectivity index (χ4v) is 1.88. The lowest BCUT2D eigenvalue weighted by Gasteiger charge is -2.08. The molecule has 0 saturated carbocycles. The van der Waals surface area contributed by atoms with Gasteiger partial charge in [0, 0.05) is 12.4 Å². The Morgan fingerprint density at radius 3 is 3.00 bits per heavy atom. The summed E-state index contributed by atoms with van der Waals surface area (Å²) in [6, 6.07) is 2.16. The van der Waals surface area contributed by atoms with Crippen LogP contribution in [0.1, 0.15) is 30.9 Å². The first kappa shape index (κ1) is 6.84. The van der Waals surface area contributed by atoms with Crippen molar-refractivity contribution in [2.75, 3.05) is 0 Å². The third-order valence-electron chi connectivity index (χ3n) is 2.83. The molecular weight excluding hydrogens is 134 g/mol. The minimum atomic E-state index is 0.730. The van der Waals surface area contributed by atoms with Gasteiger partial charge < -0.3 is 0 Å². The van der Waals surface area contributed by atoms with Crippen molar-refractivity contribution in [3.05, 3.63) is 29.6 Å². The zero-order valence-electron chi connectivity index (χ0n) is 7.04. The van der Waals surface area contributed by atoms with E-state index >= 15 is 0 Å². The summed E-state index contributed by atoms with van der Waals surface area (Å²) in [5.74, 6) is 1.53. The highest BCUT2D eigenvalue weighted by molar-refractivity contribution is 5.32. The van der Waals surface area contributed by atoms with E-state index in [9.17, 15) is 0 Å². The summed E-state index contributed by atoms with van der Waals surface area (Å²) < 4.78 is 0. The highest BCUT2D eigenvalue weighted by Gasteiger charge is 2.24. The average molecular weight is 147 g/mol. The molecule has 1 aliphatic rings. The molecule has 0 spiro atoms. The lowest BCUT2D eigenvalue weighted by atomic mass is 9.97. The molecule has 11 heavy (non-hydrogen) atoms. The van der Waals surface area contributed by atoms with E-state index in [0.717, 1.165) is 11.8 Å². The van der Waals surface area contributed by atoms with Crippen LogP contribution in [0.4, 0.5) is 0 Å². The first-order valence-corrected chi connectivity index (χ1v) is 4.22. The second-order valence-electron chi connectivity index (χ2n) is 3.54. The molecule has 1 aromatic heterocycles. The van der Waals surface area contributed by atoms with Gasteiger partial charge >= 0.3 is 0 Å². The zero-order chi connectivity index (χ0) is 7.84. The van der Waals surface area contributed by atoms with E-state index in [4.69, 9.17) is 0 Å². The molecule has 0 fully saturated rings. The van der Waals surface area contributed by atoms with Crippen molar-refractivity contribution < 1.29 is 0 Å². The fourth-order valence-electron chi connectivity index (χ4n) is 1.88. The lowest BCUT2D eigenvalue weighted by molar-refractivity contribution is 0.532. The van der Waals surface area contributed by atoms with Crippen LogP contribution in [0.25, 0.3) is 0 Å². The Kier molecular flexibility index (Phi) is 1.45. The average Bonchev–Trinajstić information content (AvgIpc) is 2.30. The first-order chi connectivity index (χ1) is 5.29. The molecule has 0 bridgehead atoms. The summed E-state index contributed by atoms with van der Waals surface area (Å²) in [4.78, 5) is 4.13. The van der Waals surface area contributed by atoms with E-state index in [1.165, 1.54) is 17.5 Å². The van der Waals surface area contributed by atoms with Gasteiger partial charge in [0.25, 0.3) is 0 Å². The molecule has 0 unspecified atom stereocenters. The second-order valence-corrected chi connectivity index (χ2v) is 3.54. The van der Waals surface area contributed by atoms with Gasteiger partial charge in [0.15, 0.2) is 0 Å². The van der Waals surface area contributed by atoms with Crippen LogP contribution >= 0.6 is 0 Å². The van der Waals surface area contributed by atoms with Gasteiger partial charge in [-0.1, -0.05) is 13.8 Å². The van der Waals surface area contributed by atoms with Crippen LogP contribution in [0, 0.1) is 5.92 Å². The molecule has 2 atom stereocenters. The Labute approximate surface area is 67.5 Å². The van der Waals surface area contributed by atoms with Crippen LogP contribution in [0.3, 0.4) is 0 Å². The number of hydrogen-bond acceptors (Lipinski definition) is 1. The van der Waals surface area contributed by atoms with Crippen LogP contribution < -0.4 is 0 Å². The molecular formula is C10H13N. The van der Waals surface area contributed by atoms with E-state index in [-0.39, 0.29) is 0 Å². The molecule has 58 valence electrons. The number of aromatic nitrogens is 1. The van der Waals surface area contributed by atoms with E-state index in [0.29, 0.717) is 0 Å². The van der Waals surface area contributed by atoms with Crippen molar-refractivity contribution >= 4 is 0 Å². The number of pyridine rings is 1. The maximum absolute atomic E-state index is 4.13. The van der Waals surface area contributed by atoms with Gasteiger partial charge in [-0.15, -0.1) is 0 Å². The summed E-state index contributed by atoms with van der Waals surface area (Å²) in [5.41, 5.74) is 2.96. The molecule has 0 aliphatic heterocycles. The van der Waals surface area contributed by atoms with Gasteiger partial charge in [-0.05, 0) is 35.4 Å². The van der Waals surface area contributed by atoms with Crippen molar-refractivity contribution in [2.45, 2.75) is 26.2 Å². The molecule has 0 aromatic carbocycles. The summed E-state index contributed by atoms with van der Waals surface area (Å²) in [5, 5.41) is 0. The van der Waals surface area contributed by atoms with Crippen LogP contribution in [0.5, 0.6) is 0 Å². The predicted octanol–water partition coefficient (Wildman–Crippen LogP) is 2.38. The molecule has 0 radical (unpaired) electrons. The van der Waals surface area contributed by atoms with E-state index in [2.05, 4.69) is 24.9 Å². The predicted molar refractivity (Wildman–Crippen MR) is 45.5 cm³/mol. The largest absolute Gasteiger partial charge is 0.264 e. The molecule has 1 nitrogen and oxygen atoms in total. The summed E-state index contributed by atoms with van der Waals surface area (Å²) in [6.45, 7) is 4.61. The van der Waals surface area contributed by atoms with Crippen molar-refractivity contribution in [3.8, 4) is 0 Å². The third-order valence-corrected chi connectivity index (χ3v) is 2.83. The van der Waals surface area contributed by atoms with Gasteiger partial charge in [0.05, 0.1) is 0 Å². The highest BCUT2D eigenvalue weighted by atomic mass is 14.6. The maximum atomic E-state index is 4.13. The van der Waals surface area contributed by atoms with Gasteiger partial charge in [0.1, 0.15) is 0 Å². The van der Waals surface area contributed by atoms with Crippen molar-refractivity contribution in [3.63, 3.8) is 0 Å². The van der Waals surface area contributed by atoms with Crippen LogP contribution in [0.15, 0.2) is 18.5 Å². The lowest BCUT2D eigenvalue weighted by Crippen LogP contribution is -1.97. The van der Waals surface area contributed by atoms with Crippen LogP contribution in [0.2, 0.25) is 0 Å². The van der Waals surface area contributed by atoms with Crippen molar-refractivity contribution in [2.24, 2.45) is 5.92 Å². The highest BCUT2D eigenvalue weighted by Crippen LogP contribution is 2.36. The number of nitrogens with zero attached hydrogens (tertiary/aromatic N) is 1. The standard InChI is InChI=1S/C10H13N/c1-7-5-9-6-11-4-3-10(9)8(7)2/h3-4,6-8H,5H2,1-2H3/t7-,8-/m0/s1. The molecule has 1 aliphatic carbocycles. The quantitative estimate of drug-likeness (QED) is 0.549. The van der Waals surface area contributed by atoms with Gasteiger partial charge in [-0.2, -0.15) is 0 Å². The number of hydrogen-bond donors (Lipinski definition) is 0. The summed E-state index contributed by atoms with van der Waals surface area (Å²) in [7, 11) is 0. The molecule has 0 saturated heterocycles. The Bertz CT molecular complexity index is 267.